The molecule has 0 aromatic heterocycles. The molecule has 1 atom stereocenters. The van der Waals surface area contributed by atoms with E-state index in [4.69, 9.17) is 4.74 Å². The van der Waals surface area contributed by atoms with Gasteiger partial charge in [-0.3, -0.25) is 4.72 Å². The van der Waals surface area contributed by atoms with Gasteiger partial charge in [0.05, 0.1) is 12.8 Å². The molecule has 140 valence electrons. The van der Waals surface area contributed by atoms with Crippen LogP contribution in [0, 0.1) is 5.82 Å². The highest BCUT2D eigenvalue weighted by Crippen LogP contribution is 2.36. The number of nitrogens with one attached hydrogen (secondary N) is 1. The number of nitrogens with zero attached hydrogens (tertiary/aromatic N) is 1. The Balaban J connectivity index is 2.00. The van der Waals surface area contributed by atoms with Gasteiger partial charge in [0.15, 0.2) is 0 Å². The zero-order valence-corrected chi connectivity index (χ0v) is 15.9. The maximum absolute atomic E-state index is 13.9. The van der Waals surface area contributed by atoms with Gasteiger partial charge in [-0.05, 0) is 63.2 Å². The molecule has 1 aliphatic carbocycles. The minimum Gasteiger partial charge on any atom is -0.496 e. The van der Waals surface area contributed by atoms with Crippen LogP contribution >= 0.6 is 0 Å². The van der Waals surface area contributed by atoms with Crippen molar-refractivity contribution in [1.29, 1.82) is 0 Å². The van der Waals surface area contributed by atoms with Crippen LogP contribution in [0.3, 0.4) is 0 Å². The molecule has 3 rings (SSSR count). The van der Waals surface area contributed by atoms with Crippen LogP contribution in [0.5, 0.6) is 5.75 Å². The fraction of sp³-hybridized carbons (Fsp3) is 0.368. The molecule has 1 aliphatic rings. The molecule has 1 unspecified atom stereocenters. The first-order chi connectivity index (χ1) is 12.3. The zero-order chi connectivity index (χ0) is 18.9. The molecule has 0 radical (unpaired) electrons. The normalized spacial score (nSPS) is 17.0. The lowest BCUT2D eigenvalue weighted by atomic mass is 9.86. The minimum absolute atomic E-state index is 0.355. The predicted octanol–water partition coefficient (Wildman–Crippen LogP) is 3.05. The van der Waals surface area contributed by atoms with Crippen LogP contribution in [0.25, 0.3) is 0 Å². The zero-order valence-electron chi connectivity index (χ0n) is 15.1. The highest BCUT2D eigenvalue weighted by molar-refractivity contribution is 7.92. The Kier molecular flexibility index (Phi) is 5.20. The third kappa shape index (κ3) is 3.54. The molecular weight excluding hydrogens is 355 g/mol. The highest BCUT2D eigenvalue weighted by Gasteiger charge is 2.27. The second-order valence-corrected chi connectivity index (χ2v) is 8.32. The topological polar surface area (TPSA) is 58.6 Å². The van der Waals surface area contributed by atoms with Crippen molar-refractivity contribution in [2.45, 2.75) is 30.2 Å². The summed E-state index contributed by atoms with van der Waals surface area (Å²) in [5.41, 5.74) is 2.41. The summed E-state index contributed by atoms with van der Waals surface area (Å²) in [5, 5.41) is 0. The van der Waals surface area contributed by atoms with Crippen LogP contribution < -0.4 is 9.46 Å². The van der Waals surface area contributed by atoms with Gasteiger partial charge in [0, 0.05) is 11.6 Å². The van der Waals surface area contributed by atoms with Gasteiger partial charge in [-0.1, -0.05) is 12.1 Å². The summed E-state index contributed by atoms with van der Waals surface area (Å²) in [6.07, 6.45) is 2.42. The molecule has 5 nitrogen and oxygen atoms in total. The lowest BCUT2D eigenvalue weighted by Gasteiger charge is -2.32. The van der Waals surface area contributed by atoms with E-state index in [0.717, 1.165) is 42.2 Å². The standard InChI is InChI=1S/C19H23FN2O3S/c1-22(2)13-8-9-14-15(12-13)18(25-3)11-10-17(14)21-26(23,24)19-7-5-4-6-16(19)20/h4-7,10-11,13,21H,8-9,12H2,1-3H3. The van der Waals surface area contributed by atoms with Crippen LogP contribution in [0.4, 0.5) is 10.1 Å². The van der Waals surface area contributed by atoms with E-state index in [1.165, 1.54) is 18.2 Å². The number of halogens is 1. The van der Waals surface area contributed by atoms with Crippen molar-refractivity contribution in [2.24, 2.45) is 0 Å². The number of likely N-dealkylation sites (N-methyl/N-ethyl adjacent to an activating group) is 1. The van der Waals surface area contributed by atoms with Crippen LogP contribution in [-0.4, -0.2) is 40.6 Å². The van der Waals surface area contributed by atoms with Gasteiger partial charge in [0.25, 0.3) is 10.0 Å². The van der Waals surface area contributed by atoms with Gasteiger partial charge in [0.1, 0.15) is 16.5 Å². The third-order valence-corrected chi connectivity index (χ3v) is 6.27. The van der Waals surface area contributed by atoms with E-state index in [1.807, 2.05) is 14.1 Å². The Hall–Kier alpha value is -2.12. The third-order valence-electron chi connectivity index (χ3n) is 4.88. The highest BCUT2D eigenvalue weighted by atomic mass is 32.2. The van der Waals surface area contributed by atoms with Crippen LogP contribution in [0.2, 0.25) is 0 Å². The first kappa shape index (κ1) is 18.7. The maximum atomic E-state index is 13.9. The molecular formula is C19H23FN2O3S. The largest absolute Gasteiger partial charge is 0.496 e. The van der Waals surface area contributed by atoms with Crippen molar-refractivity contribution >= 4 is 15.7 Å². The average Bonchev–Trinajstić information content (AvgIpc) is 2.61. The second kappa shape index (κ2) is 7.25. The second-order valence-electron chi connectivity index (χ2n) is 6.67. The van der Waals surface area contributed by atoms with Gasteiger partial charge in [-0.25, -0.2) is 12.8 Å². The summed E-state index contributed by atoms with van der Waals surface area (Å²) in [4.78, 5) is 1.81. The molecule has 2 aromatic carbocycles. The lowest BCUT2D eigenvalue weighted by molar-refractivity contribution is 0.265. The number of benzene rings is 2. The molecule has 0 spiro atoms. The fourth-order valence-corrected chi connectivity index (χ4v) is 4.59. The summed E-state index contributed by atoms with van der Waals surface area (Å²) in [7, 11) is 1.68. The molecule has 0 amide bonds. The van der Waals surface area contributed by atoms with Crippen molar-refractivity contribution < 1.29 is 17.5 Å². The lowest BCUT2D eigenvalue weighted by Crippen LogP contribution is -2.34. The number of anilines is 1. The van der Waals surface area contributed by atoms with Crippen LogP contribution in [0.15, 0.2) is 41.3 Å². The molecule has 0 bridgehead atoms. The van der Waals surface area contributed by atoms with Crippen molar-refractivity contribution in [1.82, 2.24) is 4.90 Å². The maximum Gasteiger partial charge on any atom is 0.264 e. The van der Waals surface area contributed by atoms with E-state index in [1.54, 1.807) is 19.2 Å². The van der Waals surface area contributed by atoms with Gasteiger partial charge < -0.3 is 9.64 Å². The molecule has 2 aromatic rings. The smallest absolute Gasteiger partial charge is 0.264 e. The van der Waals surface area contributed by atoms with E-state index >= 15 is 0 Å². The van der Waals surface area contributed by atoms with E-state index in [9.17, 15) is 12.8 Å². The van der Waals surface area contributed by atoms with E-state index in [-0.39, 0.29) is 4.90 Å². The van der Waals surface area contributed by atoms with Crippen LogP contribution in [-0.2, 0) is 22.9 Å². The molecule has 0 saturated carbocycles. The first-order valence-electron chi connectivity index (χ1n) is 8.46. The Morgan fingerprint density at radius 1 is 1.15 bits per heavy atom. The molecule has 0 aliphatic heterocycles. The van der Waals surface area contributed by atoms with Crippen molar-refractivity contribution in [3.05, 3.63) is 53.3 Å². The van der Waals surface area contributed by atoms with Crippen molar-refractivity contribution in [3.63, 3.8) is 0 Å². The van der Waals surface area contributed by atoms with Crippen LogP contribution in [0.1, 0.15) is 17.5 Å². The Bertz CT molecular complexity index is 913. The SMILES string of the molecule is COc1ccc(NS(=O)(=O)c2ccccc2F)c2c1CC(N(C)C)CC2. The number of sulfonamides is 1. The van der Waals surface area contributed by atoms with Crippen molar-refractivity contribution in [2.75, 3.05) is 25.9 Å². The van der Waals surface area contributed by atoms with Gasteiger partial charge in [-0.15, -0.1) is 0 Å². The van der Waals surface area contributed by atoms with Gasteiger partial charge in [0.2, 0.25) is 0 Å². The van der Waals surface area contributed by atoms with Gasteiger partial charge >= 0.3 is 0 Å². The average molecular weight is 378 g/mol. The molecule has 0 fully saturated rings. The van der Waals surface area contributed by atoms with E-state index < -0.39 is 15.8 Å². The minimum atomic E-state index is -4.00. The predicted molar refractivity (Wildman–Crippen MR) is 99.7 cm³/mol. The number of fused-ring (bicyclic) bond motifs is 1. The monoisotopic (exact) mass is 378 g/mol. The molecule has 26 heavy (non-hydrogen) atoms. The fourth-order valence-electron chi connectivity index (χ4n) is 3.42. The number of rotatable bonds is 5. The van der Waals surface area contributed by atoms with Gasteiger partial charge in [-0.2, -0.15) is 0 Å². The van der Waals surface area contributed by atoms with Crippen molar-refractivity contribution in [3.8, 4) is 5.75 Å². The number of ether oxygens (including phenoxy) is 1. The Labute approximate surface area is 153 Å². The molecule has 0 heterocycles. The first-order valence-corrected chi connectivity index (χ1v) is 9.94. The number of hydrogen-bond acceptors (Lipinski definition) is 4. The summed E-state index contributed by atoms with van der Waals surface area (Å²) in [5.74, 6) is -0.0181. The molecule has 0 saturated heterocycles. The summed E-state index contributed by atoms with van der Waals surface area (Å²) in [6, 6.07) is 9.18. The quantitative estimate of drug-likeness (QED) is 0.869. The number of hydrogen-bond donors (Lipinski definition) is 1. The van der Waals surface area contributed by atoms with E-state index in [0.29, 0.717) is 11.7 Å². The number of methoxy groups -OCH3 is 1. The summed E-state index contributed by atoms with van der Waals surface area (Å²) < 4.78 is 47.3. The molecule has 7 heteroatoms. The Morgan fingerprint density at radius 3 is 2.54 bits per heavy atom. The molecule has 1 N–H and O–H groups in total. The Morgan fingerprint density at radius 2 is 1.88 bits per heavy atom. The summed E-state index contributed by atoms with van der Waals surface area (Å²) in [6.45, 7) is 0. The van der Waals surface area contributed by atoms with E-state index in [2.05, 4.69) is 9.62 Å². The summed E-state index contributed by atoms with van der Waals surface area (Å²) >= 11 is 0.